The number of aromatic nitrogens is 1. The Hall–Kier alpha value is -1.63. The smallest absolute Gasteiger partial charge is 0.0470 e. The van der Waals surface area contributed by atoms with Crippen molar-refractivity contribution in [2.45, 2.75) is 40.0 Å². The fourth-order valence-corrected chi connectivity index (χ4v) is 2.57. The van der Waals surface area contributed by atoms with Gasteiger partial charge in [-0.3, -0.25) is 4.98 Å². The summed E-state index contributed by atoms with van der Waals surface area (Å²) in [4.78, 5) is 4.53. The van der Waals surface area contributed by atoms with Crippen LogP contribution in [0.2, 0.25) is 0 Å². The van der Waals surface area contributed by atoms with E-state index in [-0.39, 0.29) is 0 Å². The van der Waals surface area contributed by atoms with Gasteiger partial charge in [-0.15, -0.1) is 0 Å². The predicted octanol–water partition coefficient (Wildman–Crippen LogP) is 4.80. The first-order valence-corrected chi connectivity index (χ1v) is 6.83. The monoisotopic (exact) mass is 239 g/mol. The molecule has 0 amide bonds. The standard InChI is InChI=1S/C15H15N.C2H6/c1-10(2)15-14-9-11-5-3-4-6-12(11)13(14)7-8-16-15;1-2/h3-8,10H,9H2,1-2H3;1-2H3. The fraction of sp³-hybridized carbons (Fsp3) is 0.353. The molecule has 1 aromatic carbocycles. The van der Waals surface area contributed by atoms with Crippen molar-refractivity contribution in [2.24, 2.45) is 0 Å². The third-order valence-corrected chi connectivity index (χ3v) is 3.31. The Morgan fingerprint density at radius 3 is 2.44 bits per heavy atom. The number of hydrogen-bond acceptors (Lipinski definition) is 1. The second kappa shape index (κ2) is 5.34. The van der Waals surface area contributed by atoms with E-state index in [2.05, 4.69) is 49.2 Å². The van der Waals surface area contributed by atoms with E-state index in [4.69, 9.17) is 0 Å². The van der Waals surface area contributed by atoms with E-state index in [9.17, 15) is 0 Å². The van der Waals surface area contributed by atoms with Gasteiger partial charge < -0.3 is 0 Å². The van der Waals surface area contributed by atoms with Gasteiger partial charge in [0.15, 0.2) is 0 Å². The van der Waals surface area contributed by atoms with E-state index < -0.39 is 0 Å². The largest absolute Gasteiger partial charge is 0.261 e. The van der Waals surface area contributed by atoms with Crippen molar-refractivity contribution in [3.63, 3.8) is 0 Å². The average molecular weight is 239 g/mol. The molecule has 94 valence electrons. The van der Waals surface area contributed by atoms with E-state index in [1.165, 1.54) is 27.9 Å². The van der Waals surface area contributed by atoms with Crippen LogP contribution < -0.4 is 0 Å². The second-order valence-corrected chi connectivity index (χ2v) is 4.71. The molecule has 3 rings (SSSR count). The van der Waals surface area contributed by atoms with Crippen LogP contribution in [0.25, 0.3) is 11.1 Å². The summed E-state index contributed by atoms with van der Waals surface area (Å²) in [5.74, 6) is 0.504. The molecule has 1 aliphatic carbocycles. The van der Waals surface area contributed by atoms with Crippen LogP contribution in [-0.4, -0.2) is 4.98 Å². The average Bonchev–Trinajstić information content (AvgIpc) is 2.79. The van der Waals surface area contributed by atoms with Crippen LogP contribution in [0.3, 0.4) is 0 Å². The zero-order valence-corrected chi connectivity index (χ0v) is 11.7. The van der Waals surface area contributed by atoms with E-state index in [0.29, 0.717) is 5.92 Å². The molecule has 1 aromatic heterocycles. The molecule has 0 saturated heterocycles. The van der Waals surface area contributed by atoms with Gasteiger partial charge in [-0.25, -0.2) is 0 Å². The first-order valence-electron chi connectivity index (χ1n) is 6.83. The Kier molecular flexibility index (Phi) is 3.81. The molecule has 1 heterocycles. The number of hydrogen-bond donors (Lipinski definition) is 0. The van der Waals surface area contributed by atoms with Crippen molar-refractivity contribution in [3.05, 3.63) is 53.3 Å². The van der Waals surface area contributed by atoms with Gasteiger partial charge in [0.25, 0.3) is 0 Å². The van der Waals surface area contributed by atoms with E-state index >= 15 is 0 Å². The van der Waals surface area contributed by atoms with Gasteiger partial charge in [0.05, 0.1) is 0 Å². The predicted molar refractivity (Wildman–Crippen MR) is 77.9 cm³/mol. The third kappa shape index (κ3) is 2.05. The molecule has 0 aliphatic heterocycles. The van der Waals surface area contributed by atoms with Crippen LogP contribution in [-0.2, 0) is 6.42 Å². The molecule has 0 atom stereocenters. The molecule has 1 aliphatic rings. The topological polar surface area (TPSA) is 12.9 Å². The summed E-state index contributed by atoms with van der Waals surface area (Å²) in [6.45, 7) is 8.43. The van der Waals surface area contributed by atoms with Crippen molar-refractivity contribution in [3.8, 4) is 11.1 Å². The minimum atomic E-state index is 0.504. The molecule has 0 spiro atoms. The van der Waals surface area contributed by atoms with Gasteiger partial charge in [-0.2, -0.15) is 0 Å². The second-order valence-electron chi connectivity index (χ2n) is 4.71. The maximum Gasteiger partial charge on any atom is 0.0470 e. The lowest BCUT2D eigenvalue weighted by Crippen LogP contribution is -1.98. The highest BCUT2D eigenvalue weighted by Crippen LogP contribution is 2.38. The Bertz CT molecular complexity index is 541. The fourth-order valence-electron chi connectivity index (χ4n) is 2.57. The third-order valence-electron chi connectivity index (χ3n) is 3.31. The minimum absolute atomic E-state index is 0.504. The molecular weight excluding hydrogens is 218 g/mol. The van der Waals surface area contributed by atoms with E-state index in [0.717, 1.165) is 6.42 Å². The Morgan fingerprint density at radius 2 is 1.72 bits per heavy atom. The van der Waals surface area contributed by atoms with Gasteiger partial charge >= 0.3 is 0 Å². The summed E-state index contributed by atoms with van der Waals surface area (Å²) in [7, 11) is 0. The van der Waals surface area contributed by atoms with E-state index in [1.54, 1.807) is 0 Å². The molecular formula is C17H21N. The number of benzene rings is 1. The quantitative estimate of drug-likeness (QED) is 0.594. The summed E-state index contributed by atoms with van der Waals surface area (Å²) in [6, 6.07) is 10.8. The number of fused-ring (bicyclic) bond motifs is 3. The summed E-state index contributed by atoms with van der Waals surface area (Å²) in [5.41, 5.74) is 6.90. The summed E-state index contributed by atoms with van der Waals surface area (Å²) >= 11 is 0. The van der Waals surface area contributed by atoms with Gasteiger partial charge in [-0.05, 0) is 34.2 Å². The van der Waals surface area contributed by atoms with Crippen LogP contribution >= 0.6 is 0 Å². The number of nitrogens with zero attached hydrogens (tertiary/aromatic N) is 1. The molecule has 0 saturated carbocycles. The van der Waals surface area contributed by atoms with E-state index in [1.807, 2.05) is 20.0 Å². The van der Waals surface area contributed by atoms with Crippen molar-refractivity contribution >= 4 is 0 Å². The lowest BCUT2D eigenvalue weighted by Gasteiger charge is -2.09. The molecule has 2 aromatic rings. The Balaban J connectivity index is 0.000000574. The molecule has 0 radical (unpaired) electrons. The molecule has 0 fully saturated rings. The first kappa shape index (κ1) is 12.8. The number of rotatable bonds is 1. The molecule has 0 bridgehead atoms. The lowest BCUT2D eigenvalue weighted by atomic mass is 10.00. The van der Waals surface area contributed by atoms with Crippen molar-refractivity contribution in [2.75, 3.05) is 0 Å². The Morgan fingerprint density at radius 1 is 1.00 bits per heavy atom. The van der Waals surface area contributed by atoms with Crippen LogP contribution in [0.5, 0.6) is 0 Å². The van der Waals surface area contributed by atoms with Crippen LogP contribution in [0, 0.1) is 0 Å². The van der Waals surface area contributed by atoms with Gasteiger partial charge in [0, 0.05) is 18.3 Å². The highest BCUT2D eigenvalue weighted by Gasteiger charge is 2.21. The van der Waals surface area contributed by atoms with Crippen molar-refractivity contribution in [1.29, 1.82) is 0 Å². The van der Waals surface area contributed by atoms with Crippen molar-refractivity contribution in [1.82, 2.24) is 4.98 Å². The zero-order chi connectivity index (χ0) is 13.1. The molecule has 0 N–H and O–H groups in total. The van der Waals surface area contributed by atoms with Gasteiger partial charge in [-0.1, -0.05) is 52.0 Å². The van der Waals surface area contributed by atoms with Crippen molar-refractivity contribution < 1.29 is 0 Å². The maximum absolute atomic E-state index is 4.53. The zero-order valence-electron chi connectivity index (χ0n) is 11.7. The van der Waals surface area contributed by atoms with Gasteiger partial charge in [0.2, 0.25) is 0 Å². The van der Waals surface area contributed by atoms with Crippen LogP contribution in [0.1, 0.15) is 50.4 Å². The maximum atomic E-state index is 4.53. The molecule has 18 heavy (non-hydrogen) atoms. The van der Waals surface area contributed by atoms with Crippen LogP contribution in [0.15, 0.2) is 36.5 Å². The highest BCUT2D eigenvalue weighted by molar-refractivity contribution is 5.77. The lowest BCUT2D eigenvalue weighted by molar-refractivity contribution is 0.808. The molecule has 1 nitrogen and oxygen atoms in total. The van der Waals surface area contributed by atoms with Crippen LogP contribution in [0.4, 0.5) is 0 Å². The number of pyridine rings is 1. The molecule has 1 heteroatoms. The first-order chi connectivity index (χ1) is 8.77. The Labute approximate surface area is 110 Å². The summed E-state index contributed by atoms with van der Waals surface area (Å²) in [6.07, 6.45) is 2.99. The summed E-state index contributed by atoms with van der Waals surface area (Å²) in [5, 5.41) is 0. The van der Waals surface area contributed by atoms with Gasteiger partial charge in [0.1, 0.15) is 0 Å². The highest BCUT2D eigenvalue weighted by atomic mass is 14.7. The molecule has 0 unspecified atom stereocenters. The minimum Gasteiger partial charge on any atom is -0.261 e. The SMILES string of the molecule is CC.CC(C)c1nccc2c1Cc1ccccc1-2. The normalized spacial score (nSPS) is 11.6. The summed E-state index contributed by atoms with van der Waals surface area (Å²) < 4.78 is 0.